The molecule has 3 heterocycles. The smallest absolute Gasteiger partial charge is 0.264 e. The number of benzene rings is 3. The summed E-state index contributed by atoms with van der Waals surface area (Å²) >= 11 is 1.42. The van der Waals surface area contributed by atoms with E-state index < -0.39 is 10.0 Å². The second-order valence-corrected chi connectivity index (χ2v) is 12.8. The van der Waals surface area contributed by atoms with Crippen molar-refractivity contribution in [1.82, 2.24) is 9.88 Å². The molecule has 41 heavy (non-hydrogen) atoms. The van der Waals surface area contributed by atoms with E-state index >= 15 is 0 Å². The molecule has 11 heteroatoms. The van der Waals surface area contributed by atoms with Crippen LogP contribution in [0.5, 0.6) is 11.5 Å². The second-order valence-electron chi connectivity index (χ2n) is 9.92. The van der Waals surface area contributed by atoms with E-state index in [9.17, 15) is 13.2 Å². The molecule has 0 atom stereocenters. The molecule has 0 fully saturated rings. The van der Waals surface area contributed by atoms with Crippen LogP contribution in [0.3, 0.4) is 0 Å². The first-order valence-corrected chi connectivity index (χ1v) is 16.1. The maximum Gasteiger partial charge on any atom is 0.264 e. The summed E-state index contributed by atoms with van der Waals surface area (Å²) in [5.41, 5.74) is 2.86. The molecule has 1 amide bonds. The molecule has 214 valence electrons. The standard InChI is InChI=1S/C30H32N4O5S2/c1-3-32(4-2)15-16-33(30-31-24-19-26-27(20-28(24)40-30)39-18-17-38-26)29(35)22-9-11-23(12-10-22)41(36,37)34-14-13-21-7-5-6-8-25(21)34/h5-12,19-20H,3-4,13-18H2,1-2H3. The van der Waals surface area contributed by atoms with Crippen LogP contribution >= 0.6 is 11.3 Å². The fraction of sp³-hybridized carbons (Fsp3) is 0.333. The van der Waals surface area contributed by atoms with Gasteiger partial charge in [0.05, 0.1) is 20.8 Å². The number of hydrogen-bond acceptors (Lipinski definition) is 8. The van der Waals surface area contributed by atoms with Gasteiger partial charge in [-0.05, 0) is 55.4 Å². The number of para-hydroxylation sites is 1. The highest BCUT2D eigenvalue weighted by atomic mass is 32.2. The van der Waals surface area contributed by atoms with Crippen molar-refractivity contribution in [3.63, 3.8) is 0 Å². The highest BCUT2D eigenvalue weighted by Gasteiger charge is 2.31. The van der Waals surface area contributed by atoms with Gasteiger partial charge in [0, 0.05) is 37.3 Å². The van der Waals surface area contributed by atoms with Crippen LogP contribution in [0, 0.1) is 0 Å². The summed E-state index contributed by atoms with van der Waals surface area (Å²) in [6.45, 7) is 8.42. The Kier molecular flexibility index (Phi) is 7.58. The van der Waals surface area contributed by atoms with Crippen LogP contribution in [-0.2, 0) is 16.4 Å². The van der Waals surface area contributed by atoms with Gasteiger partial charge in [-0.15, -0.1) is 0 Å². The lowest BCUT2D eigenvalue weighted by molar-refractivity contribution is 0.0983. The molecular formula is C30H32N4O5S2. The number of fused-ring (bicyclic) bond motifs is 3. The first-order valence-electron chi connectivity index (χ1n) is 13.8. The normalized spacial score (nSPS) is 14.5. The summed E-state index contributed by atoms with van der Waals surface area (Å²) in [7, 11) is -3.75. The highest BCUT2D eigenvalue weighted by molar-refractivity contribution is 7.92. The van der Waals surface area contributed by atoms with Crippen LogP contribution in [-0.4, -0.2) is 70.1 Å². The first-order chi connectivity index (χ1) is 19.9. The number of carbonyl (C=O) groups is 1. The van der Waals surface area contributed by atoms with Gasteiger partial charge in [-0.3, -0.25) is 14.0 Å². The van der Waals surface area contributed by atoms with Gasteiger partial charge in [-0.2, -0.15) is 0 Å². The summed E-state index contributed by atoms with van der Waals surface area (Å²) < 4.78 is 40.8. The number of rotatable bonds is 9. The minimum Gasteiger partial charge on any atom is -0.486 e. The molecule has 0 saturated carbocycles. The number of aromatic nitrogens is 1. The van der Waals surface area contributed by atoms with Crippen molar-refractivity contribution in [3.05, 3.63) is 71.8 Å². The fourth-order valence-electron chi connectivity index (χ4n) is 5.24. The molecule has 0 radical (unpaired) electrons. The zero-order valence-corrected chi connectivity index (χ0v) is 24.7. The van der Waals surface area contributed by atoms with Crippen LogP contribution in [0.25, 0.3) is 10.2 Å². The van der Waals surface area contributed by atoms with Crippen LogP contribution in [0.1, 0.15) is 29.8 Å². The lowest BCUT2D eigenvalue weighted by Crippen LogP contribution is -2.39. The van der Waals surface area contributed by atoms with Gasteiger partial charge in [0.25, 0.3) is 15.9 Å². The highest BCUT2D eigenvalue weighted by Crippen LogP contribution is 2.39. The van der Waals surface area contributed by atoms with E-state index in [1.165, 1.54) is 27.8 Å². The number of sulfonamides is 1. The van der Waals surface area contributed by atoms with Gasteiger partial charge >= 0.3 is 0 Å². The summed E-state index contributed by atoms with van der Waals surface area (Å²) in [6.07, 6.45) is 0.677. The van der Waals surface area contributed by atoms with Gasteiger partial charge in [0.2, 0.25) is 0 Å². The number of nitrogens with zero attached hydrogens (tertiary/aromatic N) is 4. The van der Waals surface area contributed by atoms with E-state index in [4.69, 9.17) is 14.5 Å². The predicted molar refractivity (Wildman–Crippen MR) is 161 cm³/mol. The summed E-state index contributed by atoms with van der Waals surface area (Å²) in [6, 6.07) is 17.5. The summed E-state index contributed by atoms with van der Waals surface area (Å²) in [5, 5.41) is 0.574. The molecule has 0 saturated heterocycles. The van der Waals surface area contributed by atoms with E-state index in [0.717, 1.165) is 28.9 Å². The van der Waals surface area contributed by atoms with Crippen molar-refractivity contribution in [2.75, 3.05) is 55.1 Å². The van der Waals surface area contributed by atoms with E-state index in [0.29, 0.717) is 67.2 Å². The SMILES string of the molecule is CCN(CC)CCN(C(=O)c1ccc(S(=O)(=O)N2CCc3ccccc32)cc1)c1nc2cc3c(cc2s1)OCCO3. The van der Waals surface area contributed by atoms with Crippen LogP contribution in [0.2, 0.25) is 0 Å². The molecule has 0 N–H and O–H groups in total. The number of thiazole rings is 1. The van der Waals surface area contributed by atoms with Crippen molar-refractivity contribution in [2.24, 2.45) is 0 Å². The van der Waals surface area contributed by atoms with Crippen molar-refractivity contribution in [2.45, 2.75) is 25.2 Å². The molecular weight excluding hydrogens is 560 g/mol. The van der Waals surface area contributed by atoms with E-state index in [1.54, 1.807) is 17.0 Å². The predicted octanol–water partition coefficient (Wildman–Crippen LogP) is 4.81. The quantitative estimate of drug-likeness (QED) is 0.276. The minimum atomic E-state index is -3.75. The summed E-state index contributed by atoms with van der Waals surface area (Å²) in [5.74, 6) is 1.10. The molecule has 9 nitrogen and oxygen atoms in total. The average Bonchev–Trinajstić information content (AvgIpc) is 3.62. The first kappa shape index (κ1) is 27.5. The maximum absolute atomic E-state index is 13.9. The molecule has 0 aliphatic carbocycles. The molecule has 0 spiro atoms. The largest absolute Gasteiger partial charge is 0.486 e. The Morgan fingerprint density at radius 2 is 1.68 bits per heavy atom. The number of amides is 1. The topological polar surface area (TPSA) is 92.3 Å². The number of hydrogen-bond donors (Lipinski definition) is 0. The zero-order valence-electron chi connectivity index (χ0n) is 23.1. The van der Waals surface area contributed by atoms with Crippen molar-refractivity contribution in [1.29, 1.82) is 0 Å². The summed E-state index contributed by atoms with van der Waals surface area (Å²) in [4.78, 5) is 22.8. The van der Waals surface area contributed by atoms with Gasteiger partial charge in [-0.25, -0.2) is 13.4 Å². The third kappa shape index (κ3) is 5.25. The Bertz CT molecular complexity index is 1640. The van der Waals surface area contributed by atoms with Crippen LogP contribution in [0.15, 0.2) is 65.6 Å². The number of carbonyl (C=O) groups excluding carboxylic acids is 1. The molecule has 0 bridgehead atoms. The molecule has 4 aromatic rings. The van der Waals surface area contributed by atoms with Gasteiger partial charge in [0.15, 0.2) is 16.6 Å². The zero-order chi connectivity index (χ0) is 28.6. The molecule has 6 rings (SSSR count). The lowest BCUT2D eigenvalue weighted by atomic mass is 10.2. The fourth-order valence-corrected chi connectivity index (χ4v) is 7.75. The lowest BCUT2D eigenvalue weighted by Gasteiger charge is -2.25. The molecule has 2 aliphatic rings. The molecule has 1 aromatic heterocycles. The minimum absolute atomic E-state index is 0.158. The number of anilines is 2. The third-order valence-corrected chi connectivity index (χ3v) is 10.5. The van der Waals surface area contributed by atoms with Gasteiger partial charge in [0.1, 0.15) is 13.2 Å². The molecule has 2 aliphatic heterocycles. The molecule has 3 aromatic carbocycles. The van der Waals surface area contributed by atoms with E-state index in [-0.39, 0.29) is 10.8 Å². The average molecular weight is 593 g/mol. The number of likely N-dealkylation sites (N-methyl/N-ethyl adjacent to an activating group) is 1. The third-order valence-electron chi connectivity index (χ3n) is 7.59. The van der Waals surface area contributed by atoms with Gasteiger partial charge in [-0.1, -0.05) is 43.4 Å². The Labute approximate surface area is 244 Å². The van der Waals surface area contributed by atoms with Crippen molar-refractivity contribution >= 4 is 48.3 Å². The van der Waals surface area contributed by atoms with Crippen molar-refractivity contribution < 1.29 is 22.7 Å². The van der Waals surface area contributed by atoms with Gasteiger partial charge < -0.3 is 14.4 Å². The Hall–Kier alpha value is -3.67. The van der Waals surface area contributed by atoms with Crippen molar-refractivity contribution in [3.8, 4) is 11.5 Å². The Morgan fingerprint density at radius 1 is 0.976 bits per heavy atom. The Balaban J connectivity index is 1.29. The van der Waals surface area contributed by atoms with E-state index in [1.807, 2.05) is 36.4 Å². The molecule has 0 unspecified atom stereocenters. The Morgan fingerprint density at radius 3 is 2.41 bits per heavy atom. The maximum atomic E-state index is 13.9. The van der Waals surface area contributed by atoms with Crippen LogP contribution < -0.4 is 18.7 Å². The van der Waals surface area contributed by atoms with Crippen LogP contribution in [0.4, 0.5) is 10.8 Å². The van der Waals surface area contributed by atoms with E-state index in [2.05, 4.69) is 18.7 Å². The second kappa shape index (κ2) is 11.3. The number of ether oxygens (including phenoxy) is 2. The monoisotopic (exact) mass is 592 g/mol.